The van der Waals surface area contributed by atoms with Gasteiger partial charge in [0, 0.05) is 6.20 Å². The Balaban J connectivity index is 3.13. The molecule has 2 nitrogen and oxygen atoms in total. The molecule has 0 aliphatic heterocycles. The summed E-state index contributed by atoms with van der Waals surface area (Å²) in [5.74, 6) is -0.0603. The van der Waals surface area contributed by atoms with Crippen LogP contribution >= 0.6 is 11.6 Å². The molecule has 1 aromatic heterocycles. The molecule has 1 rings (SSSR count). The molecule has 4 heteroatoms. The summed E-state index contributed by atoms with van der Waals surface area (Å²) in [6.45, 7) is 0. The minimum Gasteiger partial charge on any atom is -0.481 e. The van der Waals surface area contributed by atoms with Crippen molar-refractivity contribution in [3.63, 3.8) is 0 Å². The number of ether oxygens (including phenoxy) is 1. The van der Waals surface area contributed by atoms with E-state index in [1.807, 2.05) is 0 Å². The lowest BCUT2D eigenvalue weighted by molar-refractivity contribution is 0.389. The predicted molar refractivity (Wildman–Crippen MR) is 40.3 cm³/mol. The van der Waals surface area contributed by atoms with Crippen LogP contribution in [0.4, 0.5) is 4.39 Å². The highest BCUT2D eigenvalue weighted by Gasteiger charge is 2.07. The fraction of sp³-hybridized carbons (Fsp3) is 0.286. The Bertz CT molecular complexity index is 254. The molecule has 0 aromatic carbocycles. The van der Waals surface area contributed by atoms with Gasteiger partial charge in [-0.25, -0.2) is 9.37 Å². The Morgan fingerprint density at radius 1 is 1.73 bits per heavy atom. The number of rotatable bonds is 2. The first-order chi connectivity index (χ1) is 5.29. The molecule has 0 amide bonds. The first-order valence-electron chi connectivity index (χ1n) is 3.03. The zero-order valence-electron chi connectivity index (χ0n) is 5.97. The minimum absolute atomic E-state index is 0.0723. The second kappa shape index (κ2) is 3.53. The van der Waals surface area contributed by atoms with Crippen LogP contribution in [0.2, 0.25) is 0 Å². The van der Waals surface area contributed by atoms with Gasteiger partial charge in [-0.3, -0.25) is 0 Å². The van der Waals surface area contributed by atoms with E-state index in [1.54, 1.807) is 0 Å². The zero-order valence-corrected chi connectivity index (χ0v) is 6.73. The maximum atomic E-state index is 12.8. The Morgan fingerprint density at radius 2 is 2.45 bits per heavy atom. The molecule has 0 saturated heterocycles. The van der Waals surface area contributed by atoms with Crippen LogP contribution in [0.25, 0.3) is 0 Å². The van der Waals surface area contributed by atoms with Crippen molar-refractivity contribution in [2.75, 3.05) is 7.11 Å². The normalized spacial score (nSPS) is 9.73. The van der Waals surface area contributed by atoms with E-state index in [1.165, 1.54) is 19.4 Å². The van der Waals surface area contributed by atoms with Gasteiger partial charge >= 0.3 is 0 Å². The Kier molecular flexibility index (Phi) is 2.65. The number of hydrogen-bond donors (Lipinski definition) is 0. The highest BCUT2D eigenvalue weighted by Crippen LogP contribution is 2.19. The molecular weight excluding hydrogens is 169 g/mol. The second-order valence-electron chi connectivity index (χ2n) is 1.91. The van der Waals surface area contributed by atoms with Crippen LogP contribution in [0.1, 0.15) is 5.56 Å². The van der Waals surface area contributed by atoms with Gasteiger partial charge in [0.2, 0.25) is 5.88 Å². The Morgan fingerprint density at radius 3 is 2.91 bits per heavy atom. The van der Waals surface area contributed by atoms with Crippen molar-refractivity contribution in [3.05, 3.63) is 23.6 Å². The first-order valence-corrected chi connectivity index (χ1v) is 3.56. The maximum Gasteiger partial charge on any atom is 0.220 e. The number of hydrogen-bond acceptors (Lipinski definition) is 2. The summed E-state index contributed by atoms with van der Waals surface area (Å²) in [7, 11) is 1.43. The number of aromatic nitrogens is 1. The van der Waals surface area contributed by atoms with E-state index in [-0.39, 0.29) is 17.6 Å². The number of alkyl halides is 1. The number of nitrogens with zero attached hydrogens (tertiary/aromatic N) is 1. The molecule has 0 aliphatic carbocycles. The van der Waals surface area contributed by atoms with Gasteiger partial charge in [0.1, 0.15) is 5.82 Å². The summed E-state index contributed by atoms with van der Waals surface area (Å²) in [4.78, 5) is 3.78. The summed E-state index contributed by atoms with van der Waals surface area (Å²) in [5, 5.41) is 0. The lowest BCUT2D eigenvalue weighted by atomic mass is 10.3. The van der Waals surface area contributed by atoms with E-state index in [0.717, 1.165) is 0 Å². The molecule has 0 fully saturated rings. The highest BCUT2D eigenvalue weighted by molar-refractivity contribution is 6.17. The van der Waals surface area contributed by atoms with Gasteiger partial charge in [-0.15, -0.1) is 11.6 Å². The molecule has 0 aliphatic rings. The largest absolute Gasteiger partial charge is 0.481 e. The maximum absolute atomic E-state index is 12.8. The predicted octanol–water partition coefficient (Wildman–Crippen LogP) is 1.97. The van der Waals surface area contributed by atoms with Gasteiger partial charge in [0.25, 0.3) is 0 Å². The summed E-state index contributed by atoms with van der Waals surface area (Å²) >= 11 is 5.46. The van der Waals surface area contributed by atoms with Crippen LogP contribution in [-0.2, 0) is 5.88 Å². The topological polar surface area (TPSA) is 22.1 Å². The van der Waals surface area contributed by atoms with Crippen LogP contribution in [0.15, 0.2) is 12.3 Å². The fourth-order valence-electron chi connectivity index (χ4n) is 0.748. The lowest BCUT2D eigenvalue weighted by Crippen LogP contribution is -1.95. The van der Waals surface area contributed by atoms with E-state index in [9.17, 15) is 4.39 Å². The zero-order chi connectivity index (χ0) is 8.27. The lowest BCUT2D eigenvalue weighted by Gasteiger charge is -2.03. The SMILES string of the molecule is COc1nccc(F)c1CCl. The molecule has 0 spiro atoms. The molecule has 0 N–H and O–H groups in total. The third-order valence-electron chi connectivity index (χ3n) is 1.29. The molecule has 0 bridgehead atoms. The standard InChI is InChI=1S/C7H7ClFNO/c1-11-7-5(4-8)6(9)2-3-10-7/h2-3H,4H2,1H3. The monoisotopic (exact) mass is 175 g/mol. The average molecular weight is 176 g/mol. The third kappa shape index (κ3) is 1.60. The van der Waals surface area contributed by atoms with Crippen molar-refractivity contribution in [2.24, 2.45) is 0 Å². The molecule has 0 saturated carbocycles. The van der Waals surface area contributed by atoms with Crippen LogP contribution in [0.5, 0.6) is 5.88 Å². The van der Waals surface area contributed by atoms with Crippen molar-refractivity contribution in [2.45, 2.75) is 5.88 Å². The van der Waals surface area contributed by atoms with Crippen molar-refractivity contribution >= 4 is 11.6 Å². The molecule has 0 unspecified atom stereocenters. The van der Waals surface area contributed by atoms with Crippen molar-refractivity contribution in [1.82, 2.24) is 4.98 Å². The van der Waals surface area contributed by atoms with Gasteiger partial charge in [-0.1, -0.05) is 0 Å². The van der Waals surface area contributed by atoms with Gasteiger partial charge in [0.05, 0.1) is 18.6 Å². The second-order valence-corrected chi connectivity index (χ2v) is 2.18. The molecular formula is C7H7ClFNO. The Labute approximate surface area is 69.0 Å². The third-order valence-corrected chi connectivity index (χ3v) is 1.55. The van der Waals surface area contributed by atoms with Crippen molar-refractivity contribution < 1.29 is 9.13 Å². The quantitative estimate of drug-likeness (QED) is 0.642. The van der Waals surface area contributed by atoms with E-state index in [4.69, 9.17) is 16.3 Å². The number of halogens is 2. The summed E-state index contributed by atoms with van der Waals surface area (Å²) in [5.41, 5.74) is 0.302. The van der Waals surface area contributed by atoms with E-state index >= 15 is 0 Å². The summed E-state index contributed by atoms with van der Waals surface area (Å²) < 4.78 is 17.6. The molecule has 1 heterocycles. The molecule has 0 radical (unpaired) electrons. The number of pyridine rings is 1. The first kappa shape index (κ1) is 8.27. The molecule has 0 atom stereocenters. The number of methoxy groups -OCH3 is 1. The van der Waals surface area contributed by atoms with Gasteiger partial charge in [-0.2, -0.15) is 0 Å². The molecule has 1 aromatic rings. The van der Waals surface area contributed by atoms with Crippen LogP contribution in [0.3, 0.4) is 0 Å². The molecule has 11 heavy (non-hydrogen) atoms. The summed E-state index contributed by atoms with van der Waals surface area (Å²) in [6.07, 6.45) is 1.34. The molecule has 60 valence electrons. The average Bonchev–Trinajstić information content (AvgIpc) is 2.04. The van der Waals surface area contributed by atoms with Crippen LogP contribution < -0.4 is 4.74 Å². The van der Waals surface area contributed by atoms with Crippen molar-refractivity contribution in [3.8, 4) is 5.88 Å². The van der Waals surface area contributed by atoms with Crippen molar-refractivity contribution in [1.29, 1.82) is 0 Å². The van der Waals surface area contributed by atoms with Gasteiger partial charge in [0.15, 0.2) is 0 Å². The highest BCUT2D eigenvalue weighted by atomic mass is 35.5. The van der Waals surface area contributed by atoms with Crippen LogP contribution in [0, 0.1) is 5.82 Å². The summed E-state index contributed by atoms with van der Waals surface area (Å²) in [6, 6.07) is 1.25. The minimum atomic E-state index is -0.383. The van der Waals surface area contributed by atoms with Crippen LogP contribution in [-0.4, -0.2) is 12.1 Å². The van der Waals surface area contributed by atoms with E-state index in [0.29, 0.717) is 5.56 Å². The fourth-order valence-corrected chi connectivity index (χ4v) is 0.990. The van der Waals surface area contributed by atoms with Gasteiger partial charge < -0.3 is 4.74 Å². The smallest absolute Gasteiger partial charge is 0.220 e. The van der Waals surface area contributed by atoms with E-state index < -0.39 is 0 Å². The van der Waals surface area contributed by atoms with E-state index in [2.05, 4.69) is 4.98 Å². The van der Waals surface area contributed by atoms with Gasteiger partial charge in [-0.05, 0) is 6.07 Å². The Hall–Kier alpha value is -0.830.